The molecule has 0 aliphatic carbocycles. The first kappa shape index (κ1) is 29.7. The Kier molecular flexibility index (Phi) is 8.67. The van der Waals surface area contributed by atoms with Gasteiger partial charge in [0.25, 0.3) is 5.91 Å². The molecule has 2 fully saturated rings. The first-order chi connectivity index (χ1) is 18.8. The van der Waals surface area contributed by atoms with Crippen molar-refractivity contribution in [3.8, 4) is 5.75 Å². The number of para-hydroxylation sites is 1. The molecule has 1 unspecified atom stereocenters. The number of benzene rings is 2. The van der Waals surface area contributed by atoms with Crippen LogP contribution < -0.4 is 4.74 Å². The van der Waals surface area contributed by atoms with Crippen molar-refractivity contribution < 1.29 is 45.4 Å². The molecule has 2 aromatic rings. The zero-order valence-corrected chi connectivity index (χ0v) is 21.9. The van der Waals surface area contributed by atoms with Crippen molar-refractivity contribution in [1.82, 2.24) is 9.80 Å². The van der Waals surface area contributed by atoms with Gasteiger partial charge in [0, 0.05) is 42.7 Å². The number of carbonyl (C=O) groups is 2. The van der Waals surface area contributed by atoms with Gasteiger partial charge in [-0.1, -0.05) is 18.2 Å². The van der Waals surface area contributed by atoms with Crippen LogP contribution in [-0.2, 0) is 22.3 Å². The van der Waals surface area contributed by atoms with Gasteiger partial charge in [0.05, 0.1) is 12.2 Å². The van der Waals surface area contributed by atoms with E-state index in [1.807, 2.05) is 36.1 Å². The number of carbonyl (C=O) groups excluding carboxylic acids is 2. The molecule has 2 aliphatic rings. The summed E-state index contributed by atoms with van der Waals surface area (Å²) in [5.74, 6) is -2.04. The van der Waals surface area contributed by atoms with E-state index in [4.69, 9.17) is 9.47 Å². The Hall–Kier alpha value is -3.28. The first-order valence-corrected chi connectivity index (χ1v) is 13.0. The van der Waals surface area contributed by atoms with Gasteiger partial charge in [0.1, 0.15) is 11.9 Å². The maximum Gasteiger partial charge on any atom is 0.490 e. The van der Waals surface area contributed by atoms with Crippen LogP contribution in [0.25, 0.3) is 0 Å². The molecular formula is C28H30F6N2O4. The topological polar surface area (TPSA) is 59.1 Å². The molecule has 4 rings (SSSR count). The highest BCUT2D eigenvalue weighted by Gasteiger charge is 2.51. The highest BCUT2D eigenvalue weighted by atomic mass is 19.4. The number of piperidine rings is 2. The van der Waals surface area contributed by atoms with Crippen molar-refractivity contribution in [2.45, 2.75) is 51.2 Å². The second-order valence-corrected chi connectivity index (χ2v) is 10.1. The van der Waals surface area contributed by atoms with E-state index in [9.17, 15) is 35.9 Å². The van der Waals surface area contributed by atoms with E-state index in [1.165, 1.54) is 4.90 Å². The standard InChI is InChI=1S/C28H30F6N2O4/c1-2-39-22-6-4-3-5-20(22)17-35-14-11-26(23(18-35)40-25(38)28(32,33)34)12-15-36(16-13-26)24(37)19-7-9-21(10-8-19)27(29,30)31/h3-10,23H,2,11-18H2,1H3. The number of nitrogens with zero attached hydrogens (tertiary/aromatic N) is 2. The lowest BCUT2D eigenvalue weighted by molar-refractivity contribution is -0.216. The lowest BCUT2D eigenvalue weighted by atomic mass is 9.69. The zero-order valence-electron chi connectivity index (χ0n) is 21.9. The molecule has 2 aliphatic heterocycles. The van der Waals surface area contributed by atoms with Crippen molar-refractivity contribution in [2.24, 2.45) is 5.41 Å². The summed E-state index contributed by atoms with van der Waals surface area (Å²) in [6, 6.07) is 11.3. The number of esters is 1. The molecule has 1 atom stereocenters. The molecule has 0 radical (unpaired) electrons. The quantitative estimate of drug-likeness (QED) is 0.328. The molecule has 2 aromatic carbocycles. The molecule has 2 heterocycles. The van der Waals surface area contributed by atoms with E-state index in [2.05, 4.69) is 0 Å². The fraction of sp³-hybridized carbons (Fsp3) is 0.500. The van der Waals surface area contributed by atoms with Gasteiger partial charge in [-0.3, -0.25) is 9.69 Å². The minimum Gasteiger partial charge on any atom is -0.494 e. The lowest BCUT2D eigenvalue weighted by Crippen LogP contribution is -2.57. The molecule has 6 nitrogen and oxygen atoms in total. The molecule has 2 saturated heterocycles. The number of likely N-dealkylation sites (tertiary alicyclic amines) is 2. The predicted octanol–water partition coefficient (Wildman–Crippen LogP) is 5.71. The van der Waals surface area contributed by atoms with Crippen LogP contribution in [0.1, 0.15) is 47.7 Å². The van der Waals surface area contributed by atoms with Crippen LogP contribution in [0, 0.1) is 5.41 Å². The monoisotopic (exact) mass is 572 g/mol. The summed E-state index contributed by atoms with van der Waals surface area (Å²) in [7, 11) is 0. The molecule has 40 heavy (non-hydrogen) atoms. The van der Waals surface area contributed by atoms with Crippen molar-refractivity contribution in [2.75, 3.05) is 32.8 Å². The van der Waals surface area contributed by atoms with Gasteiger partial charge in [-0.2, -0.15) is 26.3 Å². The van der Waals surface area contributed by atoms with Gasteiger partial charge < -0.3 is 14.4 Å². The van der Waals surface area contributed by atoms with E-state index in [0.29, 0.717) is 44.7 Å². The van der Waals surface area contributed by atoms with Crippen molar-refractivity contribution in [1.29, 1.82) is 0 Å². The molecule has 0 saturated carbocycles. The summed E-state index contributed by atoms with van der Waals surface area (Å²) in [5.41, 5.74) is -0.690. The Balaban J connectivity index is 1.47. The maximum atomic E-state index is 13.2. The van der Waals surface area contributed by atoms with E-state index < -0.39 is 41.3 Å². The number of rotatable bonds is 6. The minimum absolute atomic E-state index is 0.0785. The zero-order chi connectivity index (χ0) is 29.1. The lowest BCUT2D eigenvalue weighted by Gasteiger charge is -2.51. The van der Waals surface area contributed by atoms with Gasteiger partial charge in [-0.15, -0.1) is 0 Å². The van der Waals surface area contributed by atoms with E-state index in [0.717, 1.165) is 29.8 Å². The van der Waals surface area contributed by atoms with Crippen molar-refractivity contribution in [3.63, 3.8) is 0 Å². The van der Waals surface area contributed by atoms with E-state index in [1.54, 1.807) is 0 Å². The minimum atomic E-state index is -5.15. The summed E-state index contributed by atoms with van der Waals surface area (Å²) in [4.78, 5) is 28.2. The van der Waals surface area contributed by atoms with E-state index >= 15 is 0 Å². The first-order valence-electron chi connectivity index (χ1n) is 13.0. The smallest absolute Gasteiger partial charge is 0.490 e. The molecule has 218 valence electrons. The fourth-order valence-electron chi connectivity index (χ4n) is 5.45. The largest absolute Gasteiger partial charge is 0.494 e. The number of halogens is 6. The Morgan fingerprint density at radius 1 is 0.925 bits per heavy atom. The number of hydrogen-bond acceptors (Lipinski definition) is 5. The Morgan fingerprint density at radius 3 is 2.15 bits per heavy atom. The second kappa shape index (κ2) is 11.7. The van der Waals surface area contributed by atoms with Gasteiger partial charge in [-0.05, 0) is 63.1 Å². The second-order valence-electron chi connectivity index (χ2n) is 10.1. The molecule has 0 N–H and O–H groups in total. The molecule has 1 spiro atoms. The normalized spacial score (nSPS) is 19.9. The Labute approximate surface area is 227 Å². The average molecular weight is 573 g/mol. The predicted molar refractivity (Wildman–Crippen MR) is 132 cm³/mol. The summed E-state index contributed by atoms with van der Waals surface area (Å²) in [6.45, 7) is 3.66. The molecule has 12 heteroatoms. The molecular weight excluding hydrogens is 542 g/mol. The Bertz CT molecular complexity index is 1190. The van der Waals surface area contributed by atoms with E-state index in [-0.39, 0.29) is 25.2 Å². The van der Waals surface area contributed by atoms with Crippen LogP contribution in [0.3, 0.4) is 0 Å². The van der Waals surface area contributed by atoms with Crippen LogP contribution in [0.5, 0.6) is 5.75 Å². The van der Waals surface area contributed by atoms with Crippen LogP contribution in [0.15, 0.2) is 48.5 Å². The summed E-state index contributed by atoms with van der Waals surface area (Å²) < 4.78 is 88.9. The highest BCUT2D eigenvalue weighted by molar-refractivity contribution is 5.94. The molecule has 1 amide bonds. The van der Waals surface area contributed by atoms with Crippen LogP contribution in [0.2, 0.25) is 0 Å². The molecule has 0 aromatic heterocycles. The van der Waals surface area contributed by atoms with Crippen LogP contribution in [-0.4, -0.2) is 66.7 Å². The third-order valence-corrected chi connectivity index (χ3v) is 7.69. The summed E-state index contributed by atoms with van der Waals surface area (Å²) >= 11 is 0. The number of hydrogen-bond donors (Lipinski definition) is 0. The Morgan fingerprint density at radius 2 is 1.55 bits per heavy atom. The highest BCUT2D eigenvalue weighted by Crippen LogP contribution is 2.44. The van der Waals surface area contributed by atoms with Crippen LogP contribution >= 0.6 is 0 Å². The van der Waals surface area contributed by atoms with Crippen molar-refractivity contribution in [3.05, 3.63) is 65.2 Å². The average Bonchev–Trinajstić information content (AvgIpc) is 2.91. The number of alkyl halides is 6. The van der Waals surface area contributed by atoms with Gasteiger partial charge >= 0.3 is 18.3 Å². The third-order valence-electron chi connectivity index (χ3n) is 7.69. The fourth-order valence-corrected chi connectivity index (χ4v) is 5.45. The third kappa shape index (κ3) is 6.71. The van der Waals surface area contributed by atoms with Crippen molar-refractivity contribution >= 4 is 11.9 Å². The summed E-state index contributed by atoms with van der Waals surface area (Å²) in [6.07, 6.45) is -9.71. The van der Waals surface area contributed by atoms with Crippen LogP contribution in [0.4, 0.5) is 26.3 Å². The summed E-state index contributed by atoms with van der Waals surface area (Å²) in [5, 5.41) is 0. The maximum absolute atomic E-state index is 13.2. The van der Waals surface area contributed by atoms with Gasteiger partial charge in [-0.25, -0.2) is 4.79 Å². The SMILES string of the molecule is CCOc1ccccc1CN1CCC2(CCN(C(=O)c3ccc(C(F)(F)F)cc3)CC2)C(OC(=O)C(F)(F)F)C1. The molecule has 0 bridgehead atoms. The van der Waals surface area contributed by atoms with Gasteiger partial charge in [0.2, 0.25) is 0 Å². The number of ether oxygens (including phenoxy) is 2. The number of amides is 1. The van der Waals surface area contributed by atoms with Gasteiger partial charge in [0.15, 0.2) is 0 Å².